The zero-order chi connectivity index (χ0) is 14.6. The molecule has 0 spiro atoms. The number of pyridine rings is 1. The second kappa shape index (κ2) is 3.92. The molecule has 1 aliphatic rings. The smallest absolute Gasteiger partial charge is 0.423 e. The first kappa shape index (κ1) is 11.7. The van der Waals surface area contributed by atoms with Gasteiger partial charge in [-0.2, -0.15) is 0 Å². The number of nitrogens with zero attached hydrogens (tertiary/aromatic N) is 1. The zero-order valence-corrected chi connectivity index (χ0v) is 10.5. The quantitative estimate of drug-likeness (QED) is 0.293. The van der Waals surface area contributed by atoms with Crippen LogP contribution in [0.25, 0.3) is 21.7 Å². The standard InChI is InChI=1S/C15H7NO5/c17-12-10-5-9-11(13(12)21-15(19)14(18)20-10)8-4-2-1-3-7(8)6-16-9/h1-6,17H. The third-order valence-corrected chi connectivity index (χ3v) is 3.34. The number of esters is 2. The van der Waals surface area contributed by atoms with E-state index < -0.39 is 11.9 Å². The lowest BCUT2D eigenvalue weighted by atomic mass is 10.1. The minimum atomic E-state index is -1.18. The van der Waals surface area contributed by atoms with Gasteiger partial charge in [-0.15, -0.1) is 0 Å². The summed E-state index contributed by atoms with van der Waals surface area (Å²) in [4.78, 5) is 27.2. The number of phenolic OH excluding ortho intramolecular Hbond substituents is 1. The number of carbonyl (C=O) groups is 2. The number of ether oxygens (including phenoxy) is 2. The molecule has 0 fully saturated rings. The van der Waals surface area contributed by atoms with E-state index in [1.54, 1.807) is 6.20 Å². The summed E-state index contributed by atoms with van der Waals surface area (Å²) in [6, 6.07) is 8.73. The molecule has 1 aliphatic heterocycles. The lowest BCUT2D eigenvalue weighted by Gasteiger charge is -2.09. The molecule has 2 heterocycles. The van der Waals surface area contributed by atoms with Crippen LogP contribution in [0.3, 0.4) is 0 Å². The number of hydrogen-bond donors (Lipinski definition) is 1. The molecule has 4 rings (SSSR count). The molecule has 1 N–H and O–H groups in total. The summed E-state index contributed by atoms with van der Waals surface area (Å²) in [7, 11) is 0. The Kier molecular flexibility index (Phi) is 2.18. The molecule has 0 saturated carbocycles. The van der Waals surface area contributed by atoms with Gasteiger partial charge < -0.3 is 14.6 Å². The number of aromatic nitrogens is 1. The van der Waals surface area contributed by atoms with Crippen LogP contribution in [0, 0.1) is 0 Å². The molecule has 0 saturated heterocycles. The van der Waals surface area contributed by atoms with Gasteiger partial charge in [-0.3, -0.25) is 4.98 Å². The van der Waals surface area contributed by atoms with E-state index in [0.29, 0.717) is 10.9 Å². The molecular formula is C15H7NO5. The van der Waals surface area contributed by atoms with Gasteiger partial charge in [0.1, 0.15) is 0 Å². The number of fused-ring (bicyclic) bond motifs is 6. The van der Waals surface area contributed by atoms with Crippen LogP contribution in [-0.2, 0) is 9.59 Å². The topological polar surface area (TPSA) is 85.7 Å². The number of rotatable bonds is 0. The minimum Gasteiger partial charge on any atom is -0.502 e. The average Bonchev–Trinajstić information content (AvgIpc) is 2.56. The predicted molar refractivity (Wildman–Crippen MR) is 72.2 cm³/mol. The van der Waals surface area contributed by atoms with E-state index in [2.05, 4.69) is 4.98 Å². The van der Waals surface area contributed by atoms with Gasteiger partial charge in [0, 0.05) is 17.6 Å². The predicted octanol–water partition coefficient (Wildman–Crippen LogP) is 1.92. The van der Waals surface area contributed by atoms with E-state index in [0.717, 1.165) is 10.8 Å². The Morgan fingerprint density at radius 3 is 2.67 bits per heavy atom. The van der Waals surface area contributed by atoms with Crippen LogP contribution in [0.2, 0.25) is 0 Å². The largest absolute Gasteiger partial charge is 0.502 e. The van der Waals surface area contributed by atoms with Gasteiger partial charge in [0.2, 0.25) is 5.75 Å². The second-order valence-electron chi connectivity index (χ2n) is 4.57. The Labute approximate surface area is 117 Å². The van der Waals surface area contributed by atoms with E-state index in [1.165, 1.54) is 6.07 Å². The molecule has 2 bridgehead atoms. The fourth-order valence-electron chi connectivity index (χ4n) is 2.40. The fraction of sp³-hybridized carbons (Fsp3) is 0. The summed E-state index contributed by atoms with van der Waals surface area (Å²) >= 11 is 0. The molecule has 6 nitrogen and oxygen atoms in total. The van der Waals surface area contributed by atoms with Crippen molar-refractivity contribution in [1.29, 1.82) is 0 Å². The molecule has 2 aromatic carbocycles. The van der Waals surface area contributed by atoms with Crippen molar-refractivity contribution in [1.82, 2.24) is 4.98 Å². The van der Waals surface area contributed by atoms with Gasteiger partial charge in [0.15, 0.2) is 11.5 Å². The maximum absolute atomic E-state index is 11.6. The molecule has 6 heteroatoms. The van der Waals surface area contributed by atoms with Crippen molar-refractivity contribution in [2.24, 2.45) is 0 Å². The van der Waals surface area contributed by atoms with E-state index in [4.69, 9.17) is 9.47 Å². The van der Waals surface area contributed by atoms with Gasteiger partial charge >= 0.3 is 11.9 Å². The first-order chi connectivity index (χ1) is 10.1. The highest BCUT2D eigenvalue weighted by Gasteiger charge is 2.30. The van der Waals surface area contributed by atoms with Gasteiger partial charge in [0.25, 0.3) is 0 Å². The average molecular weight is 281 g/mol. The second-order valence-corrected chi connectivity index (χ2v) is 4.57. The molecule has 0 atom stereocenters. The number of hydrogen-bond acceptors (Lipinski definition) is 6. The highest BCUT2D eigenvalue weighted by molar-refractivity contribution is 6.32. The molecule has 102 valence electrons. The van der Waals surface area contributed by atoms with Crippen molar-refractivity contribution in [2.75, 3.05) is 0 Å². The van der Waals surface area contributed by atoms with Crippen LogP contribution < -0.4 is 9.47 Å². The highest BCUT2D eigenvalue weighted by Crippen LogP contribution is 2.45. The molecule has 0 aliphatic carbocycles. The van der Waals surface area contributed by atoms with Gasteiger partial charge in [-0.1, -0.05) is 24.3 Å². The normalized spacial score (nSPS) is 13.9. The Balaban J connectivity index is 2.20. The van der Waals surface area contributed by atoms with E-state index in [1.807, 2.05) is 24.3 Å². The van der Waals surface area contributed by atoms with E-state index in [9.17, 15) is 14.7 Å². The summed E-state index contributed by atoms with van der Waals surface area (Å²) in [5.41, 5.74) is 0.457. The number of aromatic hydroxyl groups is 1. The Hall–Kier alpha value is -3.15. The van der Waals surface area contributed by atoms with Crippen molar-refractivity contribution in [3.05, 3.63) is 36.5 Å². The number of carbonyl (C=O) groups excluding carboxylic acids is 2. The molecule has 3 aromatic rings. The summed E-state index contributed by atoms with van der Waals surface area (Å²) < 4.78 is 9.75. The third kappa shape index (κ3) is 1.56. The monoisotopic (exact) mass is 281 g/mol. The first-order valence-corrected chi connectivity index (χ1v) is 6.12. The minimum absolute atomic E-state index is 0.109. The van der Waals surface area contributed by atoms with Crippen molar-refractivity contribution in [2.45, 2.75) is 0 Å². The summed E-state index contributed by atoms with van der Waals surface area (Å²) in [6.45, 7) is 0. The highest BCUT2D eigenvalue weighted by atomic mass is 16.6. The third-order valence-electron chi connectivity index (χ3n) is 3.34. The first-order valence-electron chi connectivity index (χ1n) is 6.12. The zero-order valence-electron chi connectivity index (χ0n) is 10.5. The van der Waals surface area contributed by atoms with Crippen LogP contribution >= 0.6 is 0 Å². The van der Waals surface area contributed by atoms with Crippen LogP contribution in [-0.4, -0.2) is 22.0 Å². The van der Waals surface area contributed by atoms with E-state index in [-0.39, 0.29) is 17.2 Å². The van der Waals surface area contributed by atoms with Crippen molar-refractivity contribution >= 4 is 33.6 Å². The molecule has 0 unspecified atom stereocenters. The molecule has 1 aromatic heterocycles. The SMILES string of the molecule is O=C1Oc2cc3ncc4ccccc4c3c(c2O)OC1=O. The maximum Gasteiger partial charge on any atom is 0.423 e. The summed E-state index contributed by atoms with van der Waals surface area (Å²) in [6.07, 6.45) is 1.66. The van der Waals surface area contributed by atoms with Gasteiger partial charge in [-0.05, 0) is 5.39 Å². The summed E-state index contributed by atoms with van der Waals surface area (Å²) in [5.74, 6) is -3.00. The van der Waals surface area contributed by atoms with Gasteiger partial charge in [0.05, 0.1) is 10.9 Å². The van der Waals surface area contributed by atoms with Crippen LogP contribution in [0.5, 0.6) is 17.2 Å². The lowest BCUT2D eigenvalue weighted by Crippen LogP contribution is -2.23. The fourth-order valence-corrected chi connectivity index (χ4v) is 2.40. The molecule has 21 heavy (non-hydrogen) atoms. The lowest BCUT2D eigenvalue weighted by molar-refractivity contribution is -0.155. The molecular weight excluding hydrogens is 274 g/mol. The van der Waals surface area contributed by atoms with Crippen molar-refractivity contribution < 1.29 is 24.2 Å². The molecule has 0 amide bonds. The van der Waals surface area contributed by atoms with Crippen LogP contribution in [0.15, 0.2) is 36.5 Å². The van der Waals surface area contributed by atoms with Crippen LogP contribution in [0.1, 0.15) is 0 Å². The van der Waals surface area contributed by atoms with Crippen molar-refractivity contribution in [3.63, 3.8) is 0 Å². The molecule has 0 radical (unpaired) electrons. The summed E-state index contributed by atoms with van der Waals surface area (Å²) in [5, 5.41) is 12.2. The van der Waals surface area contributed by atoms with Crippen LogP contribution in [0.4, 0.5) is 0 Å². The number of phenols is 1. The van der Waals surface area contributed by atoms with Crippen molar-refractivity contribution in [3.8, 4) is 17.2 Å². The Morgan fingerprint density at radius 1 is 1.05 bits per heavy atom. The maximum atomic E-state index is 11.6. The van der Waals surface area contributed by atoms with Gasteiger partial charge in [-0.25, -0.2) is 9.59 Å². The Bertz CT molecular complexity index is 948. The Morgan fingerprint density at radius 2 is 1.81 bits per heavy atom. The van der Waals surface area contributed by atoms with E-state index >= 15 is 0 Å². The number of benzene rings is 2.